The molecule has 26 heavy (non-hydrogen) atoms. The molecule has 0 fully saturated rings. The van der Waals surface area contributed by atoms with Crippen LogP contribution >= 0.6 is 23.1 Å². The highest BCUT2D eigenvalue weighted by Gasteiger charge is 2.13. The number of nitrogens with one attached hydrogen (secondary N) is 2. The molecule has 0 spiro atoms. The number of para-hydroxylation sites is 2. The normalized spacial score (nSPS) is 10.5. The van der Waals surface area contributed by atoms with Gasteiger partial charge in [-0.3, -0.25) is 9.59 Å². The number of benzene rings is 2. The highest BCUT2D eigenvalue weighted by atomic mass is 32.2. The summed E-state index contributed by atoms with van der Waals surface area (Å²) in [7, 11) is 0. The Morgan fingerprint density at radius 2 is 1.92 bits per heavy atom. The fourth-order valence-electron chi connectivity index (χ4n) is 2.28. The number of thioether (sulfide) groups is 1. The largest absolute Gasteiger partial charge is 0.349 e. The van der Waals surface area contributed by atoms with E-state index in [1.165, 1.54) is 11.8 Å². The van der Waals surface area contributed by atoms with Crippen LogP contribution in [0.25, 0.3) is 10.2 Å². The van der Waals surface area contributed by atoms with Crippen LogP contribution in [0.4, 0.5) is 5.69 Å². The predicted octanol–water partition coefficient (Wildman–Crippen LogP) is 3.94. The van der Waals surface area contributed by atoms with E-state index in [1.54, 1.807) is 41.7 Å². The standard InChI is InChI=1S/C19H17N3O2S2/c1-2-11-20-18(24)13-7-3-4-8-14(13)21-17(23)12-25-19-22-15-9-5-6-10-16(15)26-19/h2-10H,1,11-12H2,(H,20,24)(H,21,23). The monoisotopic (exact) mass is 383 g/mol. The van der Waals surface area contributed by atoms with Crippen molar-refractivity contribution in [1.82, 2.24) is 10.3 Å². The maximum atomic E-state index is 12.3. The van der Waals surface area contributed by atoms with Crippen molar-refractivity contribution in [2.45, 2.75) is 4.34 Å². The Bertz CT molecular complexity index is 920. The summed E-state index contributed by atoms with van der Waals surface area (Å²) in [6.45, 7) is 3.94. The van der Waals surface area contributed by atoms with E-state index in [2.05, 4.69) is 22.2 Å². The van der Waals surface area contributed by atoms with Gasteiger partial charge in [-0.25, -0.2) is 4.98 Å². The van der Waals surface area contributed by atoms with Crippen molar-refractivity contribution in [1.29, 1.82) is 0 Å². The molecule has 3 rings (SSSR count). The van der Waals surface area contributed by atoms with Gasteiger partial charge in [0.05, 0.1) is 27.2 Å². The molecule has 0 radical (unpaired) electrons. The van der Waals surface area contributed by atoms with Gasteiger partial charge < -0.3 is 10.6 Å². The van der Waals surface area contributed by atoms with Gasteiger partial charge in [0.25, 0.3) is 5.91 Å². The fourth-order valence-corrected chi connectivity index (χ4v) is 4.15. The van der Waals surface area contributed by atoms with Gasteiger partial charge in [0.2, 0.25) is 5.91 Å². The number of carbonyl (C=O) groups is 2. The minimum Gasteiger partial charge on any atom is -0.349 e. The van der Waals surface area contributed by atoms with Crippen molar-refractivity contribution in [3.8, 4) is 0 Å². The van der Waals surface area contributed by atoms with Gasteiger partial charge >= 0.3 is 0 Å². The summed E-state index contributed by atoms with van der Waals surface area (Å²) in [6.07, 6.45) is 1.60. The number of carbonyl (C=O) groups excluding carboxylic acids is 2. The lowest BCUT2D eigenvalue weighted by atomic mass is 10.1. The molecule has 5 nitrogen and oxygen atoms in total. The number of fused-ring (bicyclic) bond motifs is 1. The molecule has 0 saturated carbocycles. The Balaban J connectivity index is 1.63. The molecule has 0 unspecified atom stereocenters. The zero-order valence-corrected chi connectivity index (χ0v) is 15.5. The first-order valence-electron chi connectivity index (χ1n) is 7.93. The smallest absolute Gasteiger partial charge is 0.253 e. The first-order chi connectivity index (χ1) is 12.7. The maximum absolute atomic E-state index is 12.3. The molecule has 0 atom stereocenters. The van der Waals surface area contributed by atoms with Gasteiger partial charge in [0.15, 0.2) is 4.34 Å². The van der Waals surface area contributed by atoms with E-state index in [4.69, 9.17) is 0 Å². The molecule has 2 aromatic carbocycles. The number of rotatable bonds is 7. The van der Waals surface area contributed by atoms with Crippen LogP contribution in [0.5, 0.6) is 0 Å². The van der Waals surface area contributed by atoms with Gasteiger partial charge in [-0.2, -0.15) is 0 Å². The topological polar surface area (TPSA) is 71.1 Å². The van der Waals surface area contributed by atoms with Gasteiger partial charge in [-0.15, -0.1) is 17.9 Å². The summed E-state index contributed by atoms with van der Waals surface area (Å²) in [5, 5.41) is 5.52. The Morgan fingerprint density at radius 1 is 1.15 bits per heavy atom. The quantitative estimate of drug-likeness (QED) is 0.479. The summed E-state index contributed by atoms with van der Waals surface area (Å²) < 4.78 is 1.94. The summed E-state index contributed by atoms with van der Waals surface area (Å²) in [5.41, 5.74) is 1.85. The number of hydrogen-bond acceptors (Lipinski definition) is 5. The maximum Gasteiger partial charge on any atom is 0.253 e. The van der Waals surface area contributed by atoms with Crippen molar-refractivity contribution in [2.75, 3.05) is 17.6 Å². The van der Waals surface area contributed by atoms with E-state index in [9.17, 15) is 9.59 Å². The summed E-state index contributed by atoms with van der Waals surface area (Å²) in [5.74, 6) is -0.208. The molecule has 1 aromatic heterocycles. The molecular formula is C19H17N3O2S2. The number of anilines is 1. The number of amides is 2. The van der Waals surface area contributed by atoms with Crippen molar-refractivity contribution >= 4 is 50.8 Å². The van der Waals surface area contributed by atoms with Crippen LogP contribution in [0.3, 0.4) is 0 Å². The molecule has 132 valence electrons. The lowest BCUT2D eigenvalue weighted by Gasteiger charge is -2.10. The molecule has 2 N–H and O–H groups in total. The van der Waals surface area contributed by atoms with Gasteiger partial charge in [0.1, 0.15) is 0 Å². The Kier molecular flexibility index (Phi) is 6.04. The van der Waals surface area contributed by atoms with Crippen LogP contribution < -0.4 is 10.6 Å². The van der Waals surface area contributed by atoms with E-state index >= 15 is 0 Å². The Labute approximate surface area is 159 Å². The zero-order valence-electron chi connectivity index (χ0n) is 13.9. The van der Waals surface area contributed by atoms with Gasteiger partial charge in [0, 0.05) is 6.54 Å². The molecule has 7 heteroatoms. The first-order valence-corrected chi connectivity index (χ1v) is 9.74. The minimum absolute atomic E-state index is 0.182. The van der Waals surface area contributed by atoms with Crippen molar-refractivity contribution in [3.63, 3.8) is 0 Å². The molecule has 1 heterocycles. The minimum atomic E-state index is -0.250. The number of hydrogen-bond donors (Lipinski definition) is 2. The predicted molar refractivity (Wildman–Crippen MR) is 108 cm³/mol. The third-order valence-corrected chi connectivity index (χ3v) is 5.63. The summed E-state index contributed by atoms with van der Waals surface area (Å²) >= 11 is 2.94. The van der Waals surface area contributed by atoms with Crippen LogP contribution in [0.15, 0.2) is 65.5 Å². The fraction of sp³-hybridized carbons (Fsp3) is 0.105. The van der Waals surface area contributed by atoms with E-state index in [0.29, 0.717) is 17.8 Å². The van der Waals surface area contributed by atoms with Crippen LogP contribution in [0.2, 0.25) is 0 Å². The van der Waals surface area contributed by atoms with Crippen molar-refractivity contribution < 1.29 is 9.59 Å². The van der Waals surface area contributed by atoms with Crippen molar-refractivity contribution in [2.24, 2.45) is 0 Å². The molecule has 0 bridgehead atoms. The molecular weight excluding hydrogens is 366 g/mol. The molecule has 0 aliphatic carbocycles. The van der Waals surface area contributed by atoms with E-state index in [-0.39, 0.29) is 17.6 Å². The third kappa shape index (κ3) is 4.50. The number of thiazole rings is 1. The third-order valence-electron chi connectivity index (χ3n) is 3.45. The highest BCUT2D eigenvalue weighted by Crippen LogP contribution is 2.29. The highest BCUT2D eigenvalue weighted by molar-refractivity contribution is 8.01. The van der Waals surface area contributed by atoms with E-state index in [1.807, 2.05) is 24.3 Å². The van der Waals surface area contributed by atoms with Crippen LogP contribution in [0.1, 0.15) is 10.4 Å². The second-order valence-electron chi connectivity index (χ2n) is 5.33. The zero-order chi connectivity index (χ0) is 18.4. The lowest BCUT2D eigenvalue weighted by molar-refractivity contribution is -0.113. The van der Waals surface area contributed by atoms with E-state index < -0.39 is 0 Å². The summed E-state index contributed by atoms with van der Waals surface area (Å²) in [4.78, 5) is 28.9. The Hall–Kier alpha value is -2.64. The molecule has 0 aliphatic rings. The average molecular weight is 383 g/mol. The van der Waals surface area contributed by atoms with Crippen LogP contribution in [0, 0.1) is 0 Å². The number of nitrogens with zero attached hydrogens (tertiary/aromatic N) is 1. The second kappa shape index (κ2) is 8.64. The lowest BCUT2D eigenvalue weighted by Crippen LogP contribution is -2.25. The first kappa shape index (κ1) is 18.2. The Morgan fingerprint density at radius 3 is 2.73 bits per heavy atom. The molecule has 0 aliphatic heterocycles. The molecule has 3 aromatic rings. The molecule has 2 amide bonds. The number of aromatic nitrogens is 1. The average Bonchev–Trinajstić information content (AvgIpc) is 3.08. The van der Waals surface area contributed by atoms with Gasteiger partial charge in [-0.1, -0.05) is 42.1 Å². The van der Waals surface area contributed by atoms with Crippen molar-refractivity contribution in [3.05, 3.63) is 66.7 Å². The molecule has 0 saturated heterocycles. The second-order valence-corrected chi connectivity index (χ2v) is 7.58. The van der Waals surface area contributed by atoms with Crippen LogP contribution in [-0.4, -0.2) is 29.1 Å². The SMILES string of the molecule is C=CCNC(=O)c1ccccc1NC(=O)CSc1nc2ccccc2s1. The van der Waals surface area contributed by atoms with Crippen LogP contribution in [-0.2, 0) is 4.79 Å². The van der Waals surface area contributed by atoms with Gasteiger partial charge in [-0.05, 0) is 24.3 Å². The summed E-state index contributed by atoms with van der Waals surface area (Å²) in [6, 6.07) is 14.8. The van der Waals surface area contributed by atoms with E-state index in [0.717, 1.165) is 14.6 Å².